The van der Waals surface area contributed by atoms with Crippen LogP contribution in [-0.4, -0.2) is 64.3 Å². The van der Waals surface area contributed by atoms with Gasteiger partial charge in [0, 0.05) is 40.7 Å². The minimum Gasteiger partial charge on any atom is -0.477 e. The minimum atomic E-state index is -1.99. The Balaban J connectivity index is 1.87. The number of carbonyl (C=O) groups is 2. The number of aliphatic hydroxyl groups excluding tert-OH is 1. The molecule has 0 aromatic carbocycles. The van der Waals surface area contributed by atoms with Crippen molar-refractivity contribution in [3.8, 4) is 0 Å². The number of β-lactam (4-membered cyclic amide) rings is 1. The molecule has 1 amide bonds. The number of amides is 1. The summed E-state index contributed by atoms with van der Waals surface area (Å²) in [4.78, 5) is 31.3. The molecule has 1 fully saturated rings. The molecule has 32 heavy (non-hydrogen) atoms. The third-order valence-corrected chi connectivity index (χ3v) is 13.7. The average Bonchev–Trinajstić information content (AvgIpc) is 3.24. The van der Waals surface area contributed by atoms with E-state index in [4.69, 9.17) is 4.43 Å². The lowest BCUT2D eigenvalue weighted by Gasteiger charge is -2.46. The summed E-state index contributed by atoms with van der Waals surface area (Å²) in [6, 6.07) is -0.307. The number of carboxylic acid groups (broad SMARTS) is 1. The molecule has 7 nitrogen and oxygen atoms in total. The van der Waals surface area contributed by atoms with Gasteiger partial charge in [-0.25, -0.2) is 9.78 Å². The van der Waals surface area contributed by atoms with E-state index in [-0.39, 0.29) is 33.9 Å². The van der Waals surface area contributed by atoms with Gasteiger partial charge in [0.15, 0.2) is 8.32 Å². The van der Waals surface area contributed by atoms with Gasteiger partial charge < -0.3 is 19.5 Å². The number of rotatable bonds is 9. The second-order valence-electron chi connectivity index (χ2n) is 10.2. The summed E-state index contributed by atoms with van der Waals surface area (Å²) in [5, 5.41) is 23.0. The first-order valence-corrected chi connectivity index (χ1v) is 15.6. The lowest BCUT2D eigenvalue weighted by atomic mass is 9.79. The highest BCUT2D eigenvalue weighted by Gasteiger charge is 2.60. The average molecular weight is 499 g/mol. The molecule has 0 aliphatic carbocycles. The minimum absolute atomic E-state index is 0.0270. The van der Waals surface area contributed by atoms with Gasteiger partial charge in [-0.15, -0.1) is 23.1 Å². The van der Waals surface area contributed by atoms with Crippen molar-refractivity contribution in [1.82, 2.24) is 9.88 Å². The van der Waals surface area contributed by atoms with E-state index in [0.29, 0.717) is 17.9 Å². The second-order valence-corrected chi connectivity index (χ2v) is 17.3. The molecule has 0 spiro atoms. The van der Waals surface area contributed by atoms with Crippen molar-refractivity contribution in [2.75, 3.05) is 6.61 Å². The number of hydrogen-bond donors (Lipinski definition) is 2. The quantitative estimate of drug-likeness (QED) is 0.393. The van der Waals surface area contributed by atoms with Crippen molar-refractivity contribution >= 4 is 43.3 Å². The van der Waals surface area contributed by atoms with Crippen LogP contribution in [0.5, 0.6) is 0 Å². The third-order valence-electron chi connectivity index (χ3n) is 6.93. The van der Waals surface area contributed by atoms with Gasteiger partial charge in [-0.3, -0.25) is 4.79 Å². The fraction of sp³-hybridized carbons (Fsp3) is 0.682. The Bertz CT molecular complexity index is 895. The van der Waals surface area contributed by atoms with Gasteiger partial charge in [0.1, 0.15) is 5.70 Å². The van der Waals surface area contributed by atoms with Crippen LogP contribution in [0, 0.1) is 11.8 Å². The van der Waals surface area contributed by atoms with Crippen LogP contribution in [0.1, 0.15) is 39.6 Å². The first-order chi connectivity index (χ1) is 14.8. The molecule has 1 saturated heterocycles. The summed E-state index contributed by atoms with van der Waals surface area (Å²) in [5.41, 5.74) is 0.0610. The van der Waals surface area contributed by atoms with Crippen LogP contribution in [0.25, 0.3) is 0 Å². The Labute approximate surface area is 199 Å². The molecule has 2 N–H and O–H groups in total. The Morgan fingerprint density at radius 3 is 2.56 bits per heavy atom. The highest BCUT2D eigenvalue weighted by molar-refractivity contribution is 8.03. The first-order valence-electron chi connectivity index (χ1n) is 10.9. The van der Waals surface area contributed by atoms with E-state index in [0.717, 1.165) is 5.01 Å². The number of hydrogen-bond acceptors (Lipinski definition) is 7. The van der Waals surface area contributed by atoms with E-state index in [1.807, 2.05) is 12.3 Å². The van der Waals surface area contributed by atoms with Crippen LogP contribution in [0.3, 0.4) is 0 Å². The Hall–Kier alpha value is -1.20. The molecule has 1 aromatic rings. The van der Waals surface area contributed by atoms with Crippen molar-refractivity contribution < 1.29 is 24.2 Å². The maximum atomic E-state index is 12.6. The molecular weight excluding hydrogens is 464 g/mol. The maximum absolute atomic E-state index is 12.6. The normalized spacial score (nSPS) is 25.6. The zero-order chi connectivity index (χ0) is 24.0. The second kappa shape index (κ2) is 9.21. The zero-order valence-electron chi connectivity index (χ0n) is 19.8. The van der Waals surface area contributed by atoms with Crippen molar-refractivity contribution in [3.05, 3.63) is 27.2 Å². The van der Waals surface area contributed by atoms with Crippen LogP contribution >= 0.6 is 23.1 Å². The predicted molar refractivity (Wildman–Crippen MR) is 130 cm³/mol. The molecule has 2 aliphatic heterocycles. The number of thioether (sulfide) groups is 1. The van der Waals surface area contributed by atoms with E-state index in [1.165, 1.54) is 16.7 Å². The summed E-state index contributed by atoms with van der Waals surface area (Å²) in [7, 11) is -1.99. The molecule has 2 aliphatic rings. The predicted octanol–water partition coefficient (Wildman–Crippen LogP) is 3.96. The molecule has 3 heterocycles. The number of carboxylic acids is 1. The number of aromatic nitrogens is 1. The van der Waals surface area contributed by atoms with E-state index >= 15 is 0 Å². The summed E-state index contributed by atoms with van der Waals surface area (Å²) >= 11 is 3.07. The number of carbonyl (C=O) groups excluding carboxylic acids is 1. The molecule has 3 rings (SSSR count). The van der Waals surface area contributed by atoms with Gasteiger partial charge in [0.25, 0.3) is 0 Å². The van der Waals surface area contributed by atoms with Crippen LogP contribution < -0.4 is 0 Å². The van der Waals surface area contributed by atoms with Gasteiger partial charge in [0.2, 0.25) is 5.91 Å². The van der Waals surface area contributed by atoms with Crippen molar-refractivity contribution in [2.45, 2.75) is 76.6 Å². The highest BCUT2D eigenvalue weighted by atomic mass is 32.2. The first kappa shape index (κ1) is 25.4. The summed E-state index contributed by atoms with van der Waals surface area (Å²) in [6.45, 7) is 15.0. The summed E-state index contributed by atoms with van der Waals surface area (Å²) in [5.74, 6) is -2.12. The number of aliphatic carboxylic acids is 1. The molecule has 5 atom stereocenters. The molecule has 0 saturated carbocycles. The van der Waals surface area contributed by atoms with E-state index in [1.54, 1.807) is 24.5 Å². The fourth-order valence-electron chi connectivity index (χ4n) is 4.06. The van der Waals surface area contributed by atoms with Gasteiger partial charge in [0.05, 0.1) is 23.1 Å². The number of thiazole rings is 1. The number of aliphatic hydroxyl groups is 1. The number of nitrogens with zero attached hydrogens (tertiary/aromatic N) is 2. The van der Waals surface area contributed by atoms with E-state index in [2.05, 4.69) is 38.8 Å². The monoisotopic (exact) mass is 498 g/mol. The smallest absolute Gasteiger partial charge is 0.353 e. The summed E-state index contributed by atoms with van der Waals surface area (Å²) in [6.07, 6.45) is 1.63. The van der Waals surface area contributed by atoms with Crippen LogP contribution in [0.2, 0.25) is 18.1 Å². The van der Waals surface area contributed by atoms with E-state index in [9.17, 15) is 19.8 Å². The third kappa shape index (κ3) is 4.70. The van der Waals surface area contributed by atoms with Crippen molar-refractivity contribution in [2.24, 2.45) is 11.8 Å². The SMILES string of the molecule is C[C@@H](O)[C@H]1C(=O)N2C(C(=O)O)=C(SC(CO[Si](C)(C)C(C)(C)C)Cc3nccs3)[C@H](C)[C@H]12. The van der Waals surface area contributed by atoms with Gasteiger partial charge in [-0.2, -0.15) is 0 Å². The lowest BCUT2D eigenvalue weighted by molar-refractivity contribution is -0.163. The standard InChI is InChI=1S/C22H34N2O5S2Si/c1-12-17-16(13(2)25)20(26)24(17)18(21(27)28)19(12)31-14(10-15-23-8-9-30-15)11-29-32(6,7)22(3,4)5/h8-9,12-14,16-17,25H,10-11H2,1-7H3,(H,27,28)/t12-,13-,14?,16-,17-/m1/s1. The molecule has 0 radical (unpaired) electrons. The van der Waals surface area contributed by atoms with Crippen LogP contribution in [-0.2, 0) is 20.4 Å². The topological polar surface area (TPSA) is 100.0 Å². The van der Waals surface area contributed by atoms with Crippen LogP contribution in [0.15, 0.2) is 22.2 Å². The van der Waals surface area contributed by atoms with Gasteiger partial charge >= 0.3 is 5.97 Å². The van der Waals surface area contributed by atoms with Gasteiger partial charge in [-0.1, -0.05) is 27.7 Å². The van der Waals surface area contributed by atoms with Gasteiger partial charge in [-0.05, 0) is 25.1 Å². The largest absolute Gasteiger partial charge is 0.477 e. The Morgan fingerprint density at radius 2 is 2.06 bits per heavy atom. The molecule has 178 valence electrons. The van der Waals surface area contributed by atoms with Crippen molar-refractivity contribution in [1.29, 1.82) is 0 Å². The Morgan fingerprint density at radius 1 is 1.41 bits per heavy atom. The molecule has 1 aromatic heterocycles. The maximum Gasteiger partial charge on any atom is 0.353 e. The van der Waals surface area contributed by atoms with E-state index < -0.39 is 26.3 Å². The lowest BCUT2D eigenvalue weighted by Crippen LogP contribution is -2.63. The summed E-state index contributed by atoms with van der Waals surface area (Å²) < 4.78 is 6.50. The fourth-order valence-corrected chi connectivity index (χ4v) is 7.42. The number of fused-ring (bicyclic) bond motifs is 1. The van der Waals surface area contributed by atoms with Crippen molar-refractivity contribution in [3.63, 3.8) is 0 Å². The Kier molecular flexibility index (Phi) is 7.32. The van der Waals surface area contributed by atoms with Crippen LogP contribution in [0.4, 0.5) is 0 Å². The molecular formula is C22H34N2O5S2Si. The molecule has 0 bridgehead atoms. The molecule has 1 unspecified atom stereocenters. The zero-order valence-corrected chi connectivity index (χ0v) is 22.4. The highest BCUT2D eigenvalue weighted by Crippen LogP contribution is 2.51. The molecule has 10 heteroatoms.